The minimum absolute atomic E-state index is 0.124. The van der Waals surface area contributed by atoms with Crippen LogP contribution in [0, 0.1) is 52.3 Å². The Labute approximate surface area is 244 Å². The molecular weight excluding hydrogens is 496 g/mol. The Kier molecular flexibility index (Phi) is 10.7. The molecule has 0 radical (unpaired) electrons. The average Bonchev–Trinajstić information content (AvgIpc) is 3.23. The van der Waals surface area contributed by atoms with Gasteiger partial charge in [0, 0.05) is 23.9 Å². The Balaban J connectivity index is 1.47. The first-order valence-corrected chi connectivity index (χ1v) is 16.8. The molecular formula is C34H58N4O2. The number of nitrogens with one attached hydrogen (secondary N) is 1. The number of azide groups is 1. The number of fused-ring (bicyclic) bond motifs is 5. The summed E-state index contributed by atoms with van der Waals surface area (Å²) >= 11 is 0. The Morgan fingerprint density at radius 2 is 1.88 bits per heavy atom. The lowest BCUT2D eigenvalue weighted by Crippen LogP contribution is -2.51. The van der Waals surface area contributed by atoms with Crippen LogP contribution in [0.4, 0.5) is 0 Å². The molecule has 2 N–H and O–H groups in total. The second-order valence-electron chi connectivity index (χ2n) is 15.0. The summed E-state index contributed by atoms with van der Waals surface area (Å²) in [6, 6.07) is 0. The predicted octanol–water partition coefficient (Wildman–Crippen LogP) is 8.60. The van der Waals surface area contributed by atoms with Crippen molar-refractivity contribution in [1.82, 2.24) is 5.32 Å². The number of amides is 1. The van der Waals surface area contributed by atoms with Gasteiger partial charge in [0.2, 0.25) is 5.91 Å². The zero-order valence-electron chi connectivity index (χ0n) is 26.2. The molecule has 3 fully saturated rings. The van der Waals surface area contributed by atoms with E-state index in [0.29, 0.717) is 42.0 Å². The summed E-state index contributed by atoms with van der Waals surface area (Å²) in [5.74, 6) is 4.17. The molecule has 0 bridgehead atoms. The van der Waals surface area contributed by atoms with Gasteiger partial charge in [-0.25, -0.2) is 0 Å². The molecule has 3 saturated carbocycles. The molecule has 1 unspecified atom stereocenters. The molecule has 226 valence electrons. The first-order chi connectivity index (χ1) is 19.1. The molecule has 6 heteroatoms. The van der Waals surface area contributed by atoms with Crippen molar-refractivity contribution in [1.29, 1.82) is 0 Å². The van der Waals surface area contributed by atoms with Gasteiger partial charge in [0.1, 0.15) is 0 Å². The van der Waals surface area contributed by atoms with Gasteiger partial charge in [-0.2, -0.15) is 0 Å². The number of allylic oxidation sites excluding steroid dienone is 1. The van der Waals surface area contributed by atoms with Crippen LogP contribution >= 0.6 is 0 Å². The van der Waals surface area contributed by atoms with Crippen molar-refractivity contribution < 1.29 is 9.90 Å². The van der Waals surface area contributed by atoms with Gasteiger partial charge in [-0.15, -0.1) is 0 Å². The van der Waals surface area contributed by atoms with Crippen LogP contribution < -0.4 is 5.32 Å². The second-order valence-corrected chi connectivity index (χ2v) is 15.0. The molecule has 4 rings (SSSR count). The van der Waals surface area contributed by atoms with Crippen LogP contribution in [0.25, 0.3) is 10.4 Å². The number of unbranched alkanes of at least 4 members (excludes halogenated alkanes) is 3. The van der Waals surface area contributed by atoms with E-state index in [2.05, 4.69) is 56.0 Å². The molecule has 40 heavy (non-hydrogen) atoms. The maximum Gasteiger partial charge on any atom is 0.223 e. The van der Waals surface area contributed by atoms with E-state index in [1.54, 1.807) is 0 Å². The fourth-order valence-corrected chi connectivity index (χ4v) is 10.1. The Morgan fingerprint density at radius 1 is 1.10 bits per heavy atom. The number of aliphatic hydroxyl groups excluding tert-OH is 1. The van der Waals surface area contributed by atoms with Crippen LogP contribution in [0.5, 0.6) is 0 Å². The topological polar surface area (TPSA) is 98.1 Å². The maximum absolute atomic E-state index is 13.9. The van der Waals surface area contributed by atoms with Crippen LogP contribution in [-0.4, -0.2) is 30.2 Å². The van der Waals surface area contributed by atoms with Gasteiger partial charge >= 0.3 is 0 Å². The van der Waals surface area contributed by atoms with E-state index >= 15 is 0 Å². The first-order valence-electron chi connectivity index (χ1n) is 16.8. The highest BCUT2D eigenvalue weighted by molar-refractivity contribution is 5.79. The molecule has 0 aromatic carbocycles. The van der Waals surface area contributed by atoms with Crippen LogP contribution in [-0.2, 0) is 4.79 Å². The van der Waals surface area contributed by atoms with Gasteiger partial charge < -0.3 is 10.4 Å². The van der Waals surface area contributed by atoms with E-state index in [1.807, 2.05) is 0 Å². The number of hydrogen-bond donors (Lipinski definition) is 2. The molecule has 0 aromatic rings. The van der Waals surface area contributed by atoms with E-state index in [-0.39, 0.29) is 22.9 Å². The summed E-state index contributed by atoms with van der Waals surface area (Å²) in [7, 11) is 0. The van der Waals surface area contributed by atoms with Crippen LogP contribution in [0.1, 0.15) is 125 Å². The summed E-state index contributed by atoms with van der Waals surface area (Å²) in [5.41, 5.74) is 10.4. The molecule has 4 aliphatic carbocycles. The van der Waals surface area contributed by atoms with Crippen molar-refractivity contribution in [2.75, 3.05) is 13.1 Å². The van der Waals surface area contributed by atoms with Gasteiger partial charge in [0.05, 0.1) is 6.10 Å². The Hall–Kier alpha value is -1.52. The van der Waals surface area contributed by atoms with Crippen molar-refractivity contribution in [2.45, 2.75) is 131 Å². The summed E-state index contributed by atoms with van der Waals surface area (Å²) in [4.78, 5) is 16.7. The monoisotopic (exact) mass is 554 g/mol. The van der Waals surface area contributed by atoms with E-state index < -0.39 is 0 Å². The van der Waals surface area contributed by atoms with E-state index in [4.69, 9.17) is 5.53 Å². The molecule has 9 atom stereocenters. The maximum atomic E-state index is 13.9. The number of carbonyl (C=O) groups is 1. The van der Waals surface area contributed by atoms with Gasteiger partial charge in [0.25, 0.3) is 0 Å². The normalized spacial score (nSPS) is 37.5. The summed E-state index contributed by atoms with van der Waals surface area (Å²) in [6.45, 7) is 13.5. The van der Waals surface area contributed by atoms with Gasteiger partial charge in [0.15, 0.2) is 0 Å². The largest absolute Gasteiger partial charge is 0.393 e. The lowest BCUT2D eigenvalue weighted by atomic mass is 9.47. The third-order valence-electron chi connectivity index (χ3n) is 12.2. The minimum atomic E-state index is -0.161. The molecule has 4 aliphatic rings. The summed E-state index contributed by atoms with van der Waals surface area (Å²) in [5, 5.41) is 17.4. The van der Waals surface area contributed by atoms with Crippen molar-refractivity contribution >= 4 is 5.91 Å². The highest BCUT2D eigenvalue weighted by atomic mass is 16.3. The third kappa shape index (κ3) is 6.59. The van der Waals surface area contributed by atoms with Crippen molar-refractivity contribution in [3.05, 3.63) is 22.1 Å². The molecule has 0 aromatic heterocycles. The fraction of sp³-hybridized carbons (Fsp3) is 0.912. The second kappa shape index (κ2) is 13.6. The molecule has 6 nitrogen and oxygen atoms in total. The quantitative estimate of drug-likeness (QED) is 0.0783. The highest BCUT2D eigenvalue weighted by Crippen LogP contribution is 2.68. The van der Waals surface area contributed by atoms with Crippen LogP contribution in [0.2, 0.25) is 0 Å². The van der Waals surface area contributed by atoms with Crippen LogP contribution in [0.15, 0.2) is 16.8 Å². The molecule has 0 spiro atoms. The van der Waals surface area contributed by atoms with Gasteiger partial charge in [-0.1, -0.05) is 83.5 Å². The zero-order chi connectivity index (χ0) is 28.9. The van der Waals surface area contributed by atoms with E-state index in [1.165, 1.54) is 37.7 Å². The number of nitrogens with zero attached hydrogens (tertiary/aromatic N) is 3. The number of rotatable bonds is 13. The zero-order valence-corrected chi connectivity index (χ0v) is 26.2. The van der Waals surface area contributed by atoms with Gasteiger partial charge in [-0.3, -0.25) is 4.79 Å². The van der Waals surface area contributed by atoms with Crippen LogP contribution in [0.3, 0.4) is 0 Å². The fourth-order valence-electron chi connectivity index (χ4n) is 10.1. The lowest BCUT2D eigenvalue weighted by molar-refractivity contribution is -0.128. The number of hydrogen-bond acceptors (Lipinski definition) is 3. The van der Waals surface area contributed by atoms with E-state index in [0.717, 1.165) is 70.3 Å². The lowest BCUT2D eigenvalue weighted by Gasteiger charge is -2.58. The molecule has 0 saturated heterocycles. The Bertz CT molecular complexity index is 942. The van der Waals surface area contributed by atoms with E-state index in [9.17, 15) is 9.90 Å². The average molecular weight is 555 g/mol. The number of carbonyl (C=O) groups excluding carboxylic acids is 1. The molecule has 0 heterocycles. The van der Waals surface area contributed by atoms with Gasteiger partial charge in [-0.05, 0) is 110 Å². The summed E-state index contributed by atoms with van der Waals surface area (Å²) < 4.78 is 0. The number of aliphatic hydroxyl groups is 1. The SMILES string of the molecule is CC(C)CCC[C@@H](C)[C@H]1C(C(=O)NCCCCCCN=[N+]=[N-])C[C@H]2[C@@H]3CC=C4C[C@@H](O)CC[C@]4(C)[C@H]3CC[C@]12C. The highest BCUT2D eigenvalue weighted by Gasteiger charge is 2.62. The first kappa shape index (κ1) is 31.4. The van der Waals surface area contributed by atoms with Crippen molar-refractivity contribution in [2.24, 2.45) is 57.4 Å². The standard InChI is InChI=1S/C34H58N4O2/c1-23(2)11-10-12-24(3)31-28(32(40)36-19-8-6-7-9-20-37-38-35)22-30-27-14-13-25-21-26(39)15-17-33(25,4)29(27)16-18-34(30,31)5/h13,23-24,26-31,39H,6-12,14-22H2,1-5H3,(H,36,40)/t24-,26+,27-,28?,29+,30+,31+,33+,34+/m1/s1. The van der Waals surface area contributed by atoms with Crippen molar-refractivity contribution in [3.8, 4) is 0 Å². The summed E-state index contributed by atoms with van der Waals surface area (Å²) in [6.07, 6.45) is 17.8. The smallest absolute Gasteiger partial charge is 0.223 e. The molecule has 1 amide bonds. The predicted molar refractivity (Wildman–Crippen MR) is 163 cm³/mol. The van der Waals surface area contributed by atoms with Crippen molar-refractivity contribution in [3.63, 3.8) is 0 Å². The minimum Gasteiger partial charge on any atom is -0.393 e. The molecule has 0 aliphatic heterocycles. The Morgan fingerprint density at radius 3 is 2.62 bits per heavy atom. The third-order valence-corrected chi connectivity index (χ3v) is 12.2.